The van der Waals surface area contributed by atoms with Gasteiger partial charge in [-0.3, -0.25) is 38.4 Å². The molecule has 2 aromatic heterocycles. The highest BCUT2D eigenvalue weighted by Gasteiger charge is 2.47. The minimum absolute atomic E-state index is 0.00729. The van der Waals surface area contributed by atoms with Gasteiger partial charge in [0.05, 0.1) is 79.4 Å². The number of esters is 1. The van der Waals surface area contributed by atoms with Crippen LogP contribution in [0.4, 0.5) is 4.39 Å². The molecule has 5 heterocycles. The van der Waals surface area contributed by atoms with E-state index in [0.29, 0.717) is 57.4 Å². The lowest BCUT2D eigenvalue weighted by atomic mass is 9.81. The number of aryl methyl sites for hydroxylation is 1. The Kier molecular flexibility index (Phi) is 19.8. The molecule has 3 aliphatic heterocycles. The first-order valence-electron chi connectivity index (χ1n) is 27.8. The highest BCUT2D eigenvalue weighted by Crippen LogP contribution is 2.46. The molecule has 0 saturated carbocycles. The second kappa shape index (κ2) is 26.6. The van der Waals surface area contributed by atoms with Gasteiger partial charge < -0.3 is 87.3 Å². The summed E-state index contributed by atoms with van der Waals surface area (Å²) in [5.41, 5.74) is 6.53. The van der Waals surface area contributed by atoms with E-state index in [2.05, 4.69) is 37.2 Å². The predicted molar refractivity (Wildman–Crippen MR) is 296 cm³/mol. The number of cyclic esters (lactones) is 1. The Morgan fingerprint density at radius 1 is 0.882 bits per heavy atom. The van der Waals surface area contributed by atoms with Crippen LogP contribution < -0.4 is 48.5 Å². The third-order valence-electron chi connectivity index (χ3n) is 15.9. The highest BCUT2D eigenvalue weighted by atomic mass is 19.1. The third kappa shape index (κ3) is 13.8. The van der Waals surface area contributed by atoms with Gasteiger partial charge in [-0.2, -0.15) is 0 Å². The molecule has 14 N–H and O–H groups in total. The van der Waals surface area contributed by atoms with Gasteiger partial charge >= 0.3 is 5.97 Å². The quantitative estimate of drug-likeness (QED) is 0.0165. The van der Waals surface area contributed by atoms with Gasteiger partial charge in [0, 0.05) is 42.0 Å². The molecule has 8 rings (SSSR count). The average molecular weight is 1190 g/mol. The number of ether oxygens (including phenoxy) is 3. The topological polar surface area (TPSA) is 411 Å². The number of aromatic nitrogens is 2. The summed E-state index contributed by atoms with van der Waals surface area (Å²) >= 11 is 0. The van der Waals surface area contributed by atoms with E-state index >= 15 is 4.39 Å². The van der Waals surface area contributed by atoms with Crippen LogP contribution in [0.1, 0.15) is 91.4 Å². The first-order chi connectivity index (χ1) is 40.4. The largest absolute Gasteiger partial charge is 0.458 e. The molecule has 1 saturated heterocycles. The second-order valence-electron chi connectivity index (χ2n) is 22.2. The molecule has 0 radical (unpaired) electrons. The van der Waals surface area contributed by atoms with E-state index in [0.717, 1.165) is 5.56 Å². The lowest BCUT2D eigenvalue weighted by Gasteiger charge is -2.40. The molecule has 4 aliphatic rings. The van der Waals surface area contributed by atoms with E-state index in [1.807, 2.05) is 0 Å². The normalized spacial score (nSPS) is 21.9. The van der Waals surface area contributed by atoms with Crippen molar-refractivity contribution >= 4 is 58.2 Å². The molecule has 2 aromatic carbocycles. The molecule has 458 valence electrons. The van der Waals surface area contributed by atoms with Crippen LogP contribution in [-0.4, -0.2) is 171 Å². The Morgan fingerprint density at radius 3 is 2.27 bits per heavy atom. The van der Waals surface area contributed by atoms with Crippen molar-refractivity contribution in [1.29, 1.82) is 0 Å². The molecule has 4 aromatic rings. The number of hydrogen-bond donors (Lipinski definition) is 13. The van der Waals surface area contributed by atoms with Gasteiger partial charge in [-0.25, -0.2) is 14.2 Å². The Labute approximate surface area is 485 Å². The monoisotopic (exact) mass is 1190 g/mol. The Hall–Kier alpha value is -7.83. The smallest absolute Gasteiger partial charge is 0.343 e. The summed E-state index contributed by atoms with van der Waals surface area (Å²) in [5, 5.41) is 69.3. The number of hydrogen-bond acceptors (Lipinski definition) is 19. The number of carbonyl (C=O) groups excluding carboxylic acids is 8. The van der Waals surface area contributed by atoms with Crippen molar-refractivity contribution < 1.29 is 82.5 Å². The number of rotatable bonds is 24. The number of aliphatic hydroxyl groups is 5. The van der Waals surface area contributed by atoms with Gasteiger partial charge in [0.2, 0.25) is 41.4 Å². The summed E-state index contributed by atoms with van der Waals surface area (Å²) in [5.74, 6) is -6.14. The number of carbonyl (C=O) groups is 8. The first kappa shape index (κ1) is 63.2. The maximum absolute atomic E-state index is 15.5. The molecule has 0 spiro atoms. The molecular formula is C57H71FN10O17. The molecule has 28 heteroatoms. The van der Waals surface area contributed by atoms with E-state index in [-0.39, 0.29) is 69.8 Å². The number of benzene rings is 2. The summed E-state index contributed by atoms with van der Waals surface area (Å²) < 4.78 is 33.3. The summed E-state index contributed by atoms with van der Waals surface area (Å²) in [7, 11) is 0. The average Bonchev–Trinajstić information content (AvgIpc) is 1.67. The maximum Gasteiger partial charge on any atom is 0.343 e. The van der Waals surface area contributed by atoms with Crippen LogP contribution in [0.15, 0.2) is 47.3 Å². The van der Waals surface area contributed by atoms with Gasteiger partial charge in [-0.15, -0.1) is 0 Å². The maximum atomic E-state index is 15.5. The zero-order chi connectivity index (χ0) is 61.7. The number of fused-ring (bicyclic) bond motifs is 5. The second-order valence-corrected chi connectivity index (χ2v) is 22.2. The molecule has 9 atom stereocenters. The van der Waals surface area contributed by atoms with Crippen LogP contribution in [0.3, 0.4) is 0 Å². The minimum Gasteiger partial charge on any atom is -0.458 e. The van der Waals surface area contributed by atoms with E-state index in [1.54, 1.807) is 64.1 Å². The van der Waals surface area contributed by atoms with Crippen LogP contribution in [0.2, 0.25) is 0 Å². The summed E-state index contributed by atoms with van der Waals surface area (Å²) in [6.07, 6.45) is -6.76. The van der Waals surface area contributed by atoms with Gasteiger partial charge in [0.25, 0.3) is 5.56 Å². The third-order valence-corrected chi connectivity index (χ3v) is 15.9. The lowest BCUT2D eigenvalue weighted by Crippen LogP contribution is -2.60. The first-order valence-corrected chi connectivity index (χ1v) is 27.8. The van der Waals surface area contributed by atoms with E-state index in [1.165, 1.54) is 10.6 Å². The number of nitrogens with zero attached hydrogens (tertiary/aromatic N) is 2. The van der Waals surface area contributed by atoms with Gasteiger partial charge in [-0.05, 0) is 74.8 Å². The zero-order valence-corrected chi connectivity index (χ0v) is 47.3. The SMILES string of the molecule is CC[C@@]1(O)C(=O)OCc2c1cc1n(c2=O)Cc2c-1nc1cc(F)c(C)c3c1c2[C@@H](NC(=O)C(C)(C)COCNC(=O)CNC(=O)[C@H](Cc1ccccc1)NC(=O)CNC(=O)CNC(=O)[C@@H](N)CCC(=O)NC[C@@H]1O[C@H](CO)[C@@H](O)[C@H](O)[C@H]1O)CC3. The predicted octanol–water partition coefficient (Wildman–Crippen LogP) is -3.11. The van der Waals surface area contributed by atoms with Crippen molar-refractivity contribution in [1.82, 2.24) is 46.8 Å². The van der Waals surface area contributed by atoms with Crippen molar-refractivity contribution in [2.24, 2.45) is 11.1 Å². The zero-order valence-electron chi connectivity index (χ0n) is 47.3. The number of aliphatic hydroxyl groups excluding tert-OH is 4. The number of nitrogens with two attached hydrogens (primary N) is 1. The molecular weight excluding hydrogens is 1120 g/mol. The van der Waals surface area contributed by atoms with Gasteiger partial charge in [0.1, 0.15) is 55.7 Å². The number of amides is 7. The summed E-state index contributed by atoms with van der Waals surface area (Å²) in [4.78, 5) is 123. The Morgan fingerprint density at radius 2 is 1.56 bits per heavy atom. The summed E-state index contributed by atoms with van der Waals surface area (Å²) in [6.45, 7) is 3.06. The molecule has 85 heavy (non-hydrogen) atoms. The van der Waals surface area contributed by atoms with Crippen LogP contribution in [-0.2, 0) is 84.2 Å². The fourth-order valence-corrected chi connectivity index (χ4v) is 10.8. The van der Waals surface area contributed by atoms with Crippen molar-refractivity contribution in [2.45, 2.75) is 134 Å². The van der Waals surface area contributed by atoms with Crippen LogP contribution >= 0.6 is 0 Å². The highest BCUT2D eigenvalue weighted by molar-refractivity contribution is 5.95. The van der Waals surface area contributed by atoms with Crippen molar-refractivity contribution in [3.05, 3.63) is 97.6 Å². The standard InChI is InChI=1S/C57H71FN10O17/c1-5-57(82)32-16-38-47-30(22-68(38)53(79)31(32)24-84-55(57)81)46-35(13-11-29-27(2)33(58)17-36(66-47)45(29)46)67-54(80)56(3,4)25-83-26-64-43(72)20-63-52(78)37(15-28-9-7-6-8-10-28)65-44(73)21-61-42(71)19-62-51(77)34(59)12-14-41(70)60-18-39-48(74)50(76)49(75)40(23-69)85-39/h6-10,16-17,34-35,37,39-40,48-50,69,74-76,82H,5,11-15,18-26,59H2,1-4H3,(H,60,70)(H,61,71)(H,62,77)(H,63,78)(H,64,72)(H,65,73)(H,67,80)/t34-,35-,37-,39-,40+,48-,49+,50+,57-/m0/s1. The van der Waals surface area contributed by atoms with Crippen LogP contribution in [0.25, 0.3) is 22.3 Å². The van der Waals surface area contributed by atoms with Crippen LogP contribution in [0, 0.1) is 18.2 Å². The van der Waals surface area contributed by atoms with Gasteiger partial charge in [0.15, 0.2) is 5.60 Å². The lowest BCUT2D eigenvalue weighted by molar-refractivity contribution is -0.227. The molecule has 1 fully saturated rings. The Balaban J connectivity index is 0.792. The fourth-order valence-electron chi connectivity index (χ4n) is 10.8. The molecule has 0 unspecified atom stereocenters. The molecule has 1 aliphatic carbocycles. The van der Waals surface area contributed by atoms with Gasteiger partial charge in [-0.1, -0.05) is 37.3 Å². The van der Waals surface area contributed by atoms with Crippen molar-refractivity contribution in [3.63, 3.8) is 0 Å². The molecule has 7 amide bonds. The number of pyridine rings is 2. The fraction of sp³-hybridized carbons (Fsp3) is 0.509. The summed E-state index contributed by atoms with van der Waals surface area (Å²) in [6, 6.07) is 8.45. The van der Waals surface area contributed by atoms with Crippen molar-refractivity contribution in [2.75, 3.05) is 46.1 Å². The Bertz CT molecular complexity index is 3320. The number of nitrogens with one attached hydrogen (secondary N) is 7. The van der Waals surface area contributed by atoms with Crippen LogP contribution in [0.5, 0.6) is 0 Å². The molecule has 27 nitrogen and oxygen atoms in total. The van der Waals surface area contributed by atoms with E-state index in [9.17, 15) is 68.7 Å². The molecule has 0 bridgehead atoms. The van der Waals surface area contributed by atoms with Crippen molar-refractivity contribution in [3.8, 4) is 11.4 Å². The minimum atomic E-state index is -2.06. The number of halogens is 1. The van der Waals surface area contributed by atoms with E-state index in [4.69, 9.17) is 24.9 Å². The van der Waals surface area contributed by atoms with E-state index < -0.39 is 145 Å².